The van der Waals surface area contributed by atoms with Crippen molar-refractivity contribution in [3.05, 3.63) is 70.4 Å². The van der Waals surface area contributed by atoms with E-state index in [1.807, 2.05) is 16.7 Å². The molecule has 1 amide bonds. The number of pyridine rings is 1. The van der Waals surface area contributed by atoms with Crippen LogP contribution >= 0.6 is 23.1 Å². The molecule has 0 atom stereocenters. The monoisotopic (exact) mass is 464 g/mol. The van der Waals surface area contributed by atoms with E-state index in [4.69, 9.17) is 0 Å². The number of amides is 1. The fraction of sp³-hybridized carbons (Fsp3) is 0.261. The largest absolute Gasteiger partial charge is 0.350 e. The van der Waals surface area contributed by atoms with Gasteiger partial charge >= 0.3 is 0 Å². The number of aromatic nitrogens is 5. The average molecular weight is 465 g/mol. The van der Waals surface area contributed by atoms with Crippen LogP contribution < -0.4 is 5.32 Å². The van der Waals surface area contributed by atoms with Gasteiger partial charge < -0.3 is 5.32 Å². The predicted molar refractivity (Wildman–Crippen MR) is 128 cm³/mol. The second-order valence-corrected chi connectivity index (χ2v) is 9.62. The van der Waals surface area contributed by atoms with Crippen molar-refractivity contribution in [1.29, 1.82) is 0 Å². The molecule has 1 aromatic carbocycles. The molecule has 0 aliphatic carbocycles. The number of nitrogens with zero attached hydrogens (tertiary/aromatic N) is 5. The molecule has 0 fully saturated rings. The van der Waals surface area contributed by atoms with Crippen molar-refractivity contribution in [3.8, 4) is 17.1 Å². The van der Waals surface area contributed by atoms with E-state index < -0.39 is 0 Å². The van der Waals surface area contributed by atoms with Crippen LogP contribution in [0.4, 0.5) is 0 Å². The van der Waals surface area contributed by atoms with Gasteiger partial charge in [0.15, 0.2) is 11.0 Å². The van der Waals surface area contributed by atoms with Crippen LogP contribution in [-0.2, 0) is 5.75 Å². The summed E-state index contributed by atoms with van der Waals surface area (Å²) in [5.74, 6) is 1.60. The summed E-state index contributed by atoms with van der Waals surface area (Å²) in [7, 11) is 0. The molecule has 0 aliphatic rings. The van der Waals surface area contributed by atoms with Gasteiger partial charge in [0.25, 0.3) is 5.91 Å². The molecule has 3 aromatic heterocycles. The maximum absolute atomic E-state index is 12.3. The van der Waals surface area contributed by atoms with E-state index in [2.05, 4.69) is 70.5 Å². The van der Waals surface area contributed by atoms with Crippen LogP contribution in [0.15, 0.2) is 59.3 Å². The van der Waals surface area contributed by atoms with Crippen molar-refractivity contribution in [2.24, 2.45) is 5.92 Å². The Labute approximate surface area is 195 Å². The van der Waals surface area contributed by atoms with Crippen LogP contribution in [0.2, 0.25) is 0 Å². The highest BCUT2D eigenvalue weighted by Gasteiger charge is 2.18. The Morgan fingerprint density at radius 1 is 1.19 bits per heavy atom. The van der Waals surface area contributed by atoms with Gasteiger partial charge in [-0.2, -0.15) is 0 Å². The van der Waals surface area contributed by atoms with Crippen molar-refractivity contribution in [2.75, 3.05) is 6.54 Å². The van der Waals surface area contributed by atoms with Crippen LogP contribution in [0.1, 0.15) is 34.9 Å². The lowest BCUT2D eigenvalue weighted by Crippen LogP contribution is -2.27. The van der Waals surface area contributed by atoms with Gasteiger partial charge in [0.1, 0.15) is 10.7 Å². The Balaban J connectivity index is 1.56. The molecule has 164 valence electrons. The minimum Gasteiger partial charge on any atom is -0.350 e. The highest BCUT2D eigenvalue weighted by atomic mass is 32.2. The second kappa shape index (κ2) is 10.1. The van der Waals surface area contributed by atoms with E-state index in [1.54, 1.807) is 29.5 Å². The van der Waals surface area contributed by atoms with Crippen LogP contribution in [-0.4, -0.2) is 37.2 Å². The SMILES string of the molecule is Cc1ccc(-n2c(SCc3nc(C(=O)NCC(C)C)cs3)nnc2-c2cccnc2)cc1. The molecular weight excluding hydrogens is 440 g/mol. The van der Waals surface area contributed by atoms with Gasteiger partial charge in [-0.1, -0.05) is 43.3 Å². The van der Waals surface area contributed by atoms with E-state index in [0.717, 1.165) is 27.2 Å². The molecule has 0 saturated heterocycles. The number of aryl methyl sites for hydroxylation is 1. The van der Waals surface area contributed by atoms with Gasteiger partial charge in [-0.05, 0) is 37.1 Å². The Morgan fingerprint density at radius 2 is 2.00 bits per heavy atom. The highest BCUT2D eigenvalue weighted by molar-refractivity contribution is 7.98. The van der Waals surface area contributed by atoms with Gasteiger partial charge in [-0.15, -0.1) is 21.5 Å². The maximum Gasteiger partial charge on any atom is 0.270 e. The molecule has 0 unspecified atom stereocenters. The number of thiazole rings is 1. The summed E-state index contributed by atoms with van der Waals surface area (Å²) in [6.45, 7) is 6.82. The minimum atomic E-state index is -0.132. The summed E-state index contributed by atoms with van der Waals surface area (Å²) in [5, 5.41) is 15.2. The average Bonchev–Trinajstić information content (AvgIpc) is 3.44. The number of thioether (sulfide) groups is 1. The molecule has 7 nitrogen and oxygen atoms in total. The molecule has 32 heavy (non-hydrogen) atoms. The molecule has 4 aromatic rings. The Kier molecular flexibility index (Phi) is 6.96. The molecular formula is C23H24N6OS2. The van der Waals surface area contributed by atoms with E-state index >= 15 is 0 Å². The Morgan fingerprint density at radius 3 is 2.72 bits per heavy atom. The standard InChI is InChI=1S/C23H24N6OS2/c1-15(2)11-25-22(30)19-13-31-20(26-19)14-32-23-28-27-21(17-5-4-10-24-12-17)29(23)18-8-6-16(3)7-9-18/h4-10,12-13,15H,11,14H2,1-3H3,(H,25,30). The molecule has 1 N–H and O–H groups in total. The zero-order valence-electron chi connectivity index (χ0n) is 18.1. The Hall–Kier alpha value is -3.04. The second-order valence-electron chi connectivity index (χ2n) is 7.74. The molecule has 0 saturated carbocycles. The third-order valence-electron chi connectivity index (χ3n) is 4.63. The third-order valence-corrected chi connectivity index (χ3v) is 6.60. The normalized spacial score (nSPS) is 11.1. The van der Waals surface area contributed by atoms with Crippen molar-refractivity contribution in [2.45, 2.75) is 31.7 Å². The smallest absolute Gasteiger partial charge is 0.270 e. The molecule has 0 spiro atoms. The summed E-state index contributed by atoms with van der Waals surface area (Å²) in [6, 6.07) is 12.1. The van der Waals surface area contributed by atoms with Crippen molar-refractivity contribution < 1.29 is 4.79 Å². The van der Waals surface area contributed by atoms with Crippen molar-refractivity contribution >= 4 is 29.0 Å². The molecule has 4 rings (SSSR count). The lowest BCUT2D eigenvalue weighted by Gasteiger charge is -2.10. The molecule has 0 aliphatic heterocycles. The van der Waals surface area contributed by atoms with E-state index in [0.29, 0.717) is 23.9 Å². The van der Waals surface area contributed by atoms with Crippen LogP contribution in [0.5, 0.6) is 0 Å². The predicted octanol–water partition coefficient (Wildman–Crippen LogP) is 4.77. The number of nitrogens with one attached hydrogen (secondary N) is 1. The van der Waals surface area contributed by atoms with E-state index in [-0.39, 0.29) is 5.91 Å². The number of benzene rings is 1. The van der Waals surface area contributed by atoms with Crippen LogP contribution in [0.25, 0.3) is 17.1 Å². The van der Waals surface area contributed by atoms with E-state index in [1.165, 1.54) is 16.9 Å². The summed E-state index contributed by atoms with van der Waals surface area (Å²) in [5.41, 5.74) is 3.52. The maximum atomic E-state index is 12.3. The number of carbonyl (C=O) groups is 1. The van der Waals surface area contributed by atoms with Gasteiger partial charge in [0.2, 0.25) is 0 Å². The fourth-order valence-electron chi connectivity index (χ4n) is 2.97. The molecule has 9 heteroatoms. The first-order valence-corrected chi connectivity index (χ1v) is 12.2. The molecule has 3 heterocycles. The van der Waals surface area contributed by atoms with Crippen molar-refractivity contribution in [1.82, 2.24) is 30.0 Å². The van der Waals surface area contributed by atoms with Crippen LogP contribution in [0.3, 0.4) is 0 Å². The van der Waals surface area contributed by atoms with Gasteiger partial charge in [-0.3, -0.25) is 14.3 Å². The third kappa shape index (κ3) is 5.23. The lowest BCUT2D eigenvalue weighted by atomic mass is 10.2. The number of carbonyl (C=O) groups excluding carboxylic acids is 1. The zero-order valence-corrected chi connectivity index (χ0v) is 19.8. The molecule has 0 radical (unpaired) electrons. The number of rotatable bonds is 8. The lowest BCUT2D eigenvalue weighted by molar-refractivity contribution is 0.0944. The summed E-state index contributed by atoms with van der Waals surface area (Å²) in [6.07, 6.45) is 3.52. The van der Waals surface area contributed by atoms with Crippen LogP contribution in [0, 0.1) is 12.8 Å². The summed E-state index contributed by atoms with van der Waals surface area (Å²) >= 11 is 3.02. The highest BCUT2D eigenvalue weighted by Crippen LogP contribution is 2.30. The number of hydrogen-bond donors (Lipinski definition) is 1. The van der Waals surface area contributed by atoms with Gasteiger partial charge in [0.05, 0.1) is 5.75 Å². The number of hydrogen-bond acceptors (Lipinski definition) is 7. The summed E-state index contributed by atoms with van der Waals surface area (Å²) < 4.78 is 2.03. The first-order valence-electron chi connectivity index (χ1n) is 10.3. The zero-order chi connectivity index (χ0) is 22.5. The summed E-state index contributed by atoms with van der Waals surface area (Å²) in [4.78, 5) is 21.0. The van der Waals surface area contributed by atoms with E-state index in [9.17, 15) is 4.79 Å². The Bertz CT molecular complexity index is 1180. The first-order chi connectivity index (χ1) is 15.5. The van der Waals surface area contributed by atoms with Gasteiger partial charge in [0, 0.05) is 35.6 Å². The minimum absolute atomic E-state index is 0.132. The molecule has 0 bridgehead atoms. The fourth-order valence-corrected chi connectivity index (χ4v) is 4.71. The first kappa shape index (κ1) is 22.2. The topological polar surface area (TPSA) is 85.6 Å². The van der Waals surface area contributed by atoms with Gasteiger partial charge in [-0.25, -0.2) is 4.98 Å². The quantitative estimate of drug-likeness (QED) is 0.378. The van der Waals surface area contributed by atoms with Crippen molar-refractivity contribution in [3.63, 3.8) is 0 Å².